The van der Waals surface area contributed by atoms with Crippen LogP contribution in [0.2, 0.25) is 5.02 Å². The van der Waals surface area contributed by atoms with Gasteiger partial charge in [-0.1, -0.05) is 17.7 Å². The summed E-state index contributed by atoms with van der Waals surface area (Å²) in [4.78, 5) is 14.0. The van der Waals surface area contributed by atoms with Gasteiger partial charge in [0, 0.05) is 23.8 Å². The first-order valence-electron chi connectivity index (χ1n) is 6.76. The van der Waals surface area contributed by atoms with E-state index in [0.29, 0.717) is 17.3 Å². The Morgan fingerprint density at radius 2 is 1.91 bits per heavy atom. The van der Waals surface area contributed by atoms with E-state index >= 15 is 0 Å². The van der Waals surface area contributed by atoms with Crippen LogP contribution < -0.4 is 5.32 Å². The molecule has 0 aliphatic rings. The fourth-order valence-corrected chi connectivity index (χ4v) is 2.71. The molecule has 22 heavy (non-hydrogen) atoms. The van der Waals surface area contributed by atoms with Crippen molar-refractivity contribution in [2.45, 2.75) is 6.92 Å². The largest absolute Gasteiger partial charge is 0.325 e. The molecule has 0 aromatic heterocycles. The summed E-state index contributed by atoms with van der Waals surface area (Å²) in [5.41, 5.74) is 1.33. The molecule has 1 aromatic rings. The number of nitrogens with one attached hydrogen (secondary N) is 1. The van der Waals surface area contributed by atoms with E-state index in [4.69, 9.17) is 11.6 Å². The number of halogens is 1. The molecule has 8 heteroatoms. The van der Waals surface area contributed by atoms with E-state index in [1.807, 2.05) is 19.0 Å². The third-order valence-electron chi connectivity index (χ3n) is 3.13. The lowest BCUT2D eigenvalue weighted by Gasteiger charge is -2.21. The first-order valence-corrected chi connectivity index (χ1v) is 8.98. The van der Waals surface area contributed by atoms with Gasteiger partial charge in [-0.3, -0.25) is 4.79 Å². The Labute approximate surface area is 137 Å². The van der Waals surface area contributed by atoms with Crippen LogP contribution in [-0.2, 0) is 14.8 Å². The van der Waals surface area contributed by atoms with Crippen LogP contribution in [0.4, 0.5) is 5.69 Å². The van der Waals surface area contributed by atoms with Crippen molar-refractivity contribution in [3.8, 4) is 0 Å². The fraction of sp³-hybridized carbons (Fsp3) is 0.500. The number of nitrogens with zero attached hydrogens (tertiary/aromatic N) is 2. The van der Waals surface area contributed by atoms with E-state index in [0.717, 1.165) is 16.1 Å². The first-order chi connectivity index (χ1) is 10.1. The average molecular weight is 348 g/mol. The topological polar surface area (TPSA) is 69.7 Å². The highest BCUT2D eigenvalue weighted by Crippen LogP contribution is 2.22. The predicted molar refractivity (Wildman–Crippen MR) is 89.8 cm³/mol. The molecule has 0 saturated heterocycles. The smallest absolute Gasteiger partial charge is 0.239 e. The minimum atomic E-state index is -3.45. The molecule has 0 unspecified atom stereocenters. The molecule has 1 aromatic carbocycles. The monoisotopic (exact) mass is 347 g/mol. The minimum Gasteiger partial charge on any atom is -0.325 e. The number of carbonyl (C=O) groups is 1. The molecule has 0 bridgehead atoms. The predicted octanol–water partition coefficient (Wildman–Crippen LogP) is 1.41. The molecular formula is C14H22ClN3O3S. The van der Waals surface area contributed by atoms with Crippen LogP contribution in [0.25, 0.3) is 0 Å². The van der Waals surface area contributed by atoms with E-state index in [1.54, 1.807) is 25.1 Å². The van der Waals surface area contributed by atoms with Crippen LogP contribution in [0, 0.1) is 6.92 Å². The maximum atomic E-state index is 12.1. The summed E-state index contributed by atoms with van der Waals surface area (Å²) >= 11 is 6.00. The zero-order chi connectivity index (χ0) is 16.9. The second-order valence-corrected chi connectivity index (χ2v) is 7.75. The van der Waals surface area contributed by atoms with Crippen molar-refractivity contribution < 1.29 is 13.2 Å². The molecule has 0 radical (unpaired) electrons. The Morgan fingerprint density at radius 3 is 2.45 bits per heavy atom. The van der Waals surface area contributed by atoms with Gasteiger partial charge in [-0.25, -0.2) is 8.42 Å². The normalized spacial score (nSPS) is 12.0. The summed E-state index contributed by atoms with van der Waals surface area (Å²) in [5, 5.41) is 3.24. The van der Waals surface area contributed by atoms with Gasteiger partial charge >= 0.3 is 0 Å². The number of rotatable bonds is 7. The number of amides is 1. The summed E-state index contributed by atoms with van der Waals surface area (Å²) in [6.07, 6.45) is 1.10. The zero-order valence-electron chi connectivity index (χ0n) is 13.3. The molecule has 0 atom stereocenters. The molecule has 0 aliphatic heterocycles. The van der Waals surface area contributed by atoms with Crippen LogP contribution in [0.1, 0.15) is 5.56 Å². The summed E-state index contributed by atoms with van der Waals surface area (Å²) in [7, 11) is 0.240. The van der Waals surface area contributed by atoms with Gasteiger partial charge in [0.2, 0.25) is 15.9 Å². The summed E-state index contributed by atoms with van der Waals surface area (Å²) in [6.45, 7) is 2.36. The molecule has 1 amide bonds. The SMILES string of the molecule is Cc1c(Cl)cccc1NC(=O)CN(CCN(C)C)S(C)(=O)=O. The van der Waals surface area contributed by atoms with Crippen LogP contribution in [0.5, 0.6) is 0 Å². The fourth-order valence-electron chi connectivity index (χ4n) is 1.77. The van der Waals surface area contributed by atoms with E-state index in [9.17, 15) is 13.2 Å². The van der Waals surface area contributed by atoms with Gasteiger partial charge in [-0.2, -0.15) is 4.31 Å². The molecule has 0 saturated carbocycles. The van der Waals surface area contributed by atoms with Crippen molar-refractivity contribution in [2.24, 2.45) is 0 Å². The Hall–Kier alpha value is -1.15. The second kappa shape index (κ2) is 7.92. The number of hydrogen-bond donors (Lipinski definition) is 1. The highest BCUT2D eigenvalue weighted by atomic mass is 35.5. The standard InChI is InChI=1S/C14H22ClN3O3S/c1-11-12(15)6-5-7-13(11)16-14(19)10-18(22(4,20)21)9-8-17(2)3/h5-7H,8-10H2,1-4H3,(H,16,19). The third kappa shape index (κ3) is 5.92. The lowest BCUT2D eigenvalue weighted by atomic mass is 10.2. The highest BCUT2D eigenvalue weighted by Gasteiger charge is 2.20. The van der Waals surface area contributed by atoms with Crippen molar-refractivity contribution in [3.05, 3.63) is 28.8 Å². The molecular weight excluding hydrogens is 326 g/mol. The number of hydrogen-bond acceptors (Lipinski definition) is 4. The lowest BCUT2D eigenvalue weighted by molar-refractivity contribution is -0.116. The Morgan fingerprint density at radius 1 is 1.27 bits per heavy atom. The zero-order valence-corrected chi connectivity index (χ0v) is 14.8. The molecule has 1 N–H and O–H groups in total. The van der Waals surface area contributed by atoms with Gasteiger partial charge < -0.3 is 10.2 Å². The average Bonchev–Trinajstić information content (AvgIpc) is 2.38. The number of sulfonamides is 1. The van der Waals surface area contributed by atoms with Gasteiger partial charge in [-0.15, -0.1) is 0 Å². The molecule has 0 spiro atoms. The van der Waals surface area contributed by atoms with E-state index in [-0.39, 0.29) is 13.1 Å². The summed E-state index contributed by atoms with van der Waals surface area (Å²) in [6, 6.07) is 5.18. The Balaban J connectivity index is 2.77. The van der Waals surface area contributed by atoms with Crippen LogP contribution >= 0.6 is 11.6 Å². The molecule has 6 nitrogen and oxygen atoms in total. The van der Waals surface area contributed by atoms with E-state index < -0.39 is 15.9 Å². The van der Waals surface area contributed by atoms with Gasteiger partial charge in [0.25, 0.3) is 0 Å². The second-order valence-electron chi connectivity index (χ2n) is 5.36. The van der Waals surface area contributed by atoms with Crippen LogP contribution in [0.3, 0.4) is 0 Å². The van der Waals surface area contributed by atoms with Gasteiger partial charge in [0.15, 0.2) is 0 Å². The maximum absolute atomic E-state index is 12.1. The summed E-state index contributed by atoms with van der Waals surface area (Å²) < 4.78 is 24.7. The number of likely N-dealkylation sites (N-methyl/N-ethyl adjacent to an activating group) is 1. The van der Waals surface area contributed by atoms with Gasteiger partial charge in [-0.05, 0) is 38.7 Å². The number of benzene rings is 1. The van der Waals surface area contributed by atoms with Gasteiger partial charge in [0.05, 0.1) is 12.8 Å². The van der Waals surface area contributed by atoms with Crippen LogP contribution in [0.15, 0.2) is 18.2 Å². The van der Waals surface area contributed by atoms with Crippen molar-refractivity contribution in [1.29, 1.82) is 0 Å². The highest BCUT2D eigenvalue weighted by molar-refractivity contribution is 7.88. The molecule has 0 fully saturated rings. The van der Waals surface area contributed by atoms with E-state index in [2.05, 4.69) is 5.32 Å². The number of carbonyl (C=O) groups excluding carboxylic acids is 1. The molecule has 1 rings (SSSR count). The number of anilines is 1. The third-order valence-corrected chi connectivity index (χ3v) is 4.79. The maximum Gasteiger partial charge on any atom is 0.239 e. The van der Waals surface area contributed by atoms with Gasteiger partial charge in [0.1, 0.15) is 0 Å². The molecule has 124 valence electrons. The molecule has 0 aliphatic carbocycles. The van der Waals surface area contributed by atoms with Crippen molar-refractivity contribution >= 4 is 33.2 Å². The van der Waals surface area contributed by atoms with Crippen molar-refractivity contribution in [3.63, 3.8) is 0 Å². The first kappa shape index (κ1) is 18.9. The summed E-state index contributed by atoms with van der Waals surface area (Å²) in [5.74, 6) is -0.394. The quantitative estimate of drug-likeness (QED) is 0.809. The Bertz CT molecular complexity index is 632. The Kier molecular flexibility index (Phi) is 6.80. The molecule has 0 heterocycles. The minimum absolute atomic E-state index is 0.224. The van der Waals surface area contributed by atoms with Crippen LogP contribution in [-0.4, -0.2) is 63.5 Å². The van der Waals surface area contributed by atoms with Crippen molar-refractivity contribution in [2.75, 3.05) is 45.3 Å². The van der Waals surface area contributed by atoms with E-state index in [1.165, 1.54) is 0 Å². The lowest BCUT2D eigenvalue weighted by Crippen LogP contribution is -2.41. The van der Waals surface area contributed by atoms with Crippen molar-refractivity contribution in [1.82, 2.24) is 9.21 Å².